The topological polar surface area (TPSA) is 20.2 Å². The van der Waals surface area contributed by atoms with Crippen molar-refractivity contribution in [3.63, 3.8) is 0 Å². The highest BCUT2D eigenvalue weighted by Crippen LogP contribution is 2.25. The summed E-state index contributed by atoms with van der Waals surface area (Å²) in [4.78, 5) is 1.23. The van der Waals surface area contributed by atoms with E-state index in [0.29, 0.717) is 0 Å². The minimum Gasteiger partial charge on any atom is -0.389 e. The van der Waals surface area contributed by atoms with Gasteiger partial charge in [-0.1, -0.05) is 31.0 Å². The molecule has 84 valence electrons. The lowest BCUT2D eigenvalue weighted by atomic mass is 10.0. The molecule has 1 aromatic carbocycles. The van der Waals surface area contributed by atoms with Gasteiger partial charge in [-0.25, -0.2) is 0 Å². The van der Waals surface area contributed by atoms with Crippen LogP contribution in [0.2, 0.25) is 0 Å². The van der Waals surface area contributed by atoms with Crippen molar-refractivity contribution in [3.8, 4) is 0 Å². The van der Waals surface area contributed by atoms with Crippen LogP contribution in [0.5, 0.6) is 0 Å². The first-order valence-corrected chi connectivity index (χ1v) is 6.44. The molecule has 0 saturated carbocycles. The third-order valence-electron chi connectivity index (χ3n) is 2.36. The minimum absolute atomic E-state index is 0.537. The Labute approximate surface area is 96.9 Å². The minimum atomic E-state index is -0.537. The molecule has 0 aliphatic carbocycles. The van der Waals surface area contributed by atoms with E-state index in [4.69, 9.17) is 0 Å². The molecule has 2 heteroatoms. The predicted molar refractivity (Wildman–Crippen MR) is 67.4 cm³/mol. The van der Waals surface area contributed by atoms with Crippen molar-refractivity contribution >= 4 is 11.8 Å². The molecular weight excluding hydrogens is 204 g/mol. The van der Waals surface area contributed by atoms with Crippen molar-refractivity contribution < 1.29 is 5.11 Å². The Bertz CT molecular complexity index is 290. The van der Waals surface area contributed by atoms with Crippen LogP contribution in [0.25, 0.3) is 0 Å². The molecule has 1 nitrogen and oxygen atoms in total. The van der Waals surface area contributed by atoms with E-state index < -0.39 is 5.60 Å². The molecule has 1 aromatic rings. The molecule has 0 aromatic heterocycles. The van der Waals surface area contributed by atoms with Gasteiger partial charge in [0.15, 0.2) is 0 Å². The third-order valence-corrected chi connectivity index (χ3v) is 3.73. The fourth-order valence-corrected chi connectivity index (χ4v) is 2.43. The molecule has 0 bridgehead atoms. The molecule has 0 saturated heterocycles. The zero-order valence-electron chi connectivity index (χ0n) is 9.79. The number of benzene rings is 1. The van der Waals surface area contributed by atoms with Gasteiger partial charge in [0.05, 0.1) is 5.60 Å². The molecule has 0 aliphatic heterocycles. The van der Waals surface area contributed by atoms with E-state index >= 15 is 0 Å². The predicted octanol–water partition coefficient (Wildman–Crippen LogP) is 3.64. The number of thioether (sulfide) groups is 1. The van der Waals surface area contributed by atoms with Gasteiger partial charge in [-0.2, -0.15) is 0 Å². The molecule has 15 heavy (non-hydrogen) atoms. The van der Waals surface area contributed by atoms with Crippen LogP contribution in [-0.4, -0.2) is 16.5 Å². The largest absolute Gasteiger partial charge is 0.389 e. The van der Waals surface area contributed by atoms with Crippen LogP contribution in [0.15, 0.2) is 29.2 Å². The van der Waals surface area contributed by atoms with E-state index in [-0.39, 0.29) is 0 Å². The number of aliphatic hydroxyl groups is 1. The van der Waals surface area contributed by atoms with Crippen LogP contribution >= 0.6 is 11.8 Å². The van der Waals surface area contributed by atoms with Crippen LogP contribution in [0.1, 0.15) is 32.3 Å². The van der Waals surface area contributed by atoms with Gasteiger partial charge in [-0.3, -0.25) is 0 Å². The quantitative estimate of drug-likeness (QED) is 0.771. The van der Waals surface area contributed by atoms with Gasteiger partial charge in [-0.05, 0) is 32.4 Å². The van der Waals surface area contributed by atoms with Crippen LogP contribution in [0, 0.1) is 6.92 Å². The lowest BCUT2D eigenvalue weighted by Crippen LogP contribution is -2.26. The van der Waals surface area contributed by atoms with Gasteiger partial charge in [-0.15, -0.1) is 11.8 Å². The van der Waals surface area contributed by atoms with Crippen molar-refractivity contribution in [2.24, 2.45) is 0 Å². The fraction of sp³-hybridized carbons (Fsp3) is 0.538. The standard InChI is InChI=1S/C13H20OS/c1-4-9-13(3,14)10-15-12-7-5-11(2)6-8-12/h5-8,14H,4,9-10H2,1-3H3. The van der Waals surface area contributed by atoms with E-state index in [1.165, 1.54) is 10.5 Å². The summed E-state index contributed by atoms with van der Waals surface area (Å²) < 4.78 is 0. The molecular formula is C13H20OS. The van der Waals surface area contributed by atoms with E-state index in [9.17, 15) is 5.11 Å². The summed E-state index contributed by atoms with van der Waals surface area (Å²) in [6.45, 7) is 6.10. The number of rotatable bonds is 5. The van der Waals surface area contributed by atoms with Crippen LogP contribution < -0.4 is 0 Å². The van der Waals surface area contributed by atoms with Crippen LogP contribution in [0.3, 0.4) is 0 Å². The van der Waals surface area contributed by atoms with Crippen molar-refractivity contribution in [1.29, 1.82) is 0 Å². The van der Waals surface area contributed by atoms with Crippen molar-refractivity contribution in [1.82, 2.24) is 0 Å². The summed E-state index contributed by atoms with van der Waals surface area (Å²) in [7, 11) is 0. The van der Waals surface area contributed by atoms with Gasteiger partial charge < -0.3 is 5.11 Å². The monoisotopic (exact) mass is 224 g/mol. The lowest BCUT2D eigenvalue weighted by molar-refractivity contribution is 0.0753. The Hall–Kier alpha value is -0.470. The molecule has 1 atom stereocenters. The Kier molecular flexibility index (Phi) is 4.68. The van der Waals surface area contributed by atoms with E-state index in [1.807, 2.05) is 6.92 Å². The number of hydrogen-bond acceptors (Lipinski definition) is 2. The summed E-state index contributed by atoms with van der Waals surface area (Å²) in [6, 6.07) is 8.44. The van der Waals surface area contributed by atoms with Crippen LogP contribution in [-0.2, 0) is 0 Å². The molecule has 1 rings (SSSR count). The van der Waals surface area contributed by atoms with Gasteiger partial charge in [0.2, 0.25) is 0 Å². The number of hydrogen-bond donors (Lipinski definition) is 1. The molecule has 0 amide bonds. The highest BCUT2D eigenvalue weighted by molar-refractivity contribution is 7.99. The molecule has 0 fully saturated rings. The highest BCUT2D eigenvalue weighted by Gasteiger charge is 2.18. The zero-order valence-corrected chi connectivity index (χ0v) is 10.6. The van der Waals surface area contributed by atoms with Gasteiger partial charge in [0, 0.05) is 10.6 Å². The van der Waals surface area contributed by atoms with Gasteiger partial charge in [0.25, 0.3) is 0 Å². The normalized spacial score (nSPS) is 14.9. The first-order chi connectivity index (χ1) is 7.03. The summed E-state index contributed by atoms with van der Waals surface area (Å²) in [5, 5.41) is 10.0. The summed E-state index contributed by atoms with van der Waals surface area (Å²) in [6.07, 6.45) is 1.90. The van der Waals surface area contributed by atoms with Gasteiger partial charge >= 0.3 is 0 Å². The first kappa shape index (κ1) is 12.6. The molecule has 0 aliphatic rings. The molecule has 0 spiro atoms. The van der Waals surface area contributed by atoms with Crippen molar-refractivity contribution in [2.45, 2.75) is 44.1 Å². The van der Waals surface area contributed by atoms with Crippen molar-refractivity contribution in [3.05, 3.63) is 29.8 Å². The van der Waals surface area contributed by atoms with E-state index in [1.54, 1.807) is 11.8 Å². The SMILES string of the molecule is CCCC(C)(O)CSc1ccc(C)cc1. The maximum atomic E-state index is 10.0. The Morgan fingerprint density at radius 1 is 1.27 bits per heavy atom. The van der Waals surface area contributed by atoms with Crippen LogP contribution in [0.4, 0.5) is 0 Å². The average Bonchev–Trinajstić information content (AvgIpc) is 2.17. The van der Waals surface area contributed by atoms with Gasteiger partial charge in [0.1, 0.15) is 0 Å². The molecule has 0 heterocycles. The van der Waals surface area contributed by atoms with Crippen molar-refractivity contribution in [2.75, 3.05) is 5.75 Å². The lowest BCUT2D eigenvalue weighted by Gasteiger charge is -2.21. The highest BCUT2D eigenvalue weighted by atomic mass is 32.2. The molecule has 0 radical (unpaired) electrons. The Morgan fingerprint density at radius 3 is 2.40 bits per heavy atom. The maximum absolute atomic E-state index is 10.0. The van der Waals surface area contributed by atoms with E-state index in [0.717, 1.165) is 18.6 Å². The molecule has 1 N–H and O–H groups in total. The smallest absolute Gasteiger partial charge is 0.0713 e. The second kappa shape index (κ2) is 5.57. The Morgan fingerprint density at radius 2 is 1.87 bits per heavy atom. The zero-order chi connectivity index (χ0) is 11.3. The summed E-state index contributed by atoms with van der Waals surface area (Å²) in [5.41, 5.74) is 0.740. The summed E-state index contributed by atoms with van der Waals surface area (Å²) in [5.74, 6) is 0.768. The third kappa shape index (κ3) is 4.72. The summed E-state index contributed by atoms with van der Waals surface area (Å²) >= 11 is 1.73. The number of aryl methyl sites for hydroxylation is 1. The molecule has 1 unspecified atom stereocenters. The second-order valence-electron chi connectivity index (χ2n) is 4.35. The second-order valence-corrected chi connectivity index (χ2v) is 5.40. The maximum Gasteiger partial charge on any atom is 0.0713 e. The Balaban J connectivity index is 2.46. The average molecular weight is 224 g/mol. The fourth-order valence-electron chi connectivity index (χ4n) is 1.48. The first-order valence-electron chi connectivity index (χ1n) is 5.45. The van der Waals surface area contributed by atoms with E-state index in [2.05, 4.69) is 38.1 Å².